The van der Waals surface area contributed by atoms with Gasteiger partial charge in [-0.15, -0.1) is 0 Å². The summed E-state index contributed by atoms with van der Waals surface area (Å²) in [5, 5.41) is 2.65. The van der Waals surface area contributed by atoms with Crippen molar-refractivity contribution in [3.63, 3.8) is 0 Å². The van der Waals surface area contributed by atoms with Gasteiger partial charge in [-0.1, -0.05) is 42.5 Å². The molecule has 0 bridgehead atoms. The van der Waals surface area contributed by atoms with Gasteiger partial charge in [-0.25, -0.2) is 0 Å². The van der Waals surface area contributed by atoms with Gasteiger partial charge in [0.2, 0.25) is 0 Å². The molecule has 1 nitrogen and oxygen atoms in total. The van der Waals surface area contributed by atoms with E-state index in [0.717, 1.165) is 13.0 Å². The molecule has 0 radical (unpaired) electrons. The Kier molecular flexibility index (Phi) is 2.75. The van der Waals surface area contributed by atoms with Gasteiger partial charge in [-0.3, -0.25) is 0 Å². The fourth-order valence-electron chi connectivity index (χ4n) is 3.58. The van der Waals surface area contributed by atoms with E-state index in [2.05, 4.69) is 73.3 Å². The number of anilines is 2. The molecule has 1 heteroatoms. The zero-order chi connectivity index (χ0) is 14.4. The van der Waals surface area contributed by atoms with Gasteiger partial charge < -0.3 is 4.90 Å². The largest absolute Gasteiger partial charge is 0.340 e. The Morgan fingerprint density at radius 3 is 2.57 bits per heavy atom. The van der Waals surface area contributed by atoms with Crippen molar-refractivity contribution in [2.45, 2.75) is 20.3 Å². The third kappa shape index (κ3) is 1.92. The highest BCUT2D eigenvalue weighted by atomic mass is 15.2. The Labute approximate surface area is 125 Å². The van der Waals surface area contributed by atoms with Gasteiger partial charge in [0.15, 0.2) is 0 Å². The fourth-order valence-corrected chi connectivity index (χ4v) is 3.58. The summed E-state index contributed by atoms with van der Waals surface area (Å²) in [5.41, 5.74) is 7.00. The molecular weight excluding hydrogens is 254 g/mol. The second-order valence-corrected chi connectivity index (χ2v) is 5.98. The van der Waals surface area contributed by atoms with Crippen molar-refractivity contribution in [2.75, 3.05) is 11.4 Å². The number of nitrogens with zero attached hydrogens (tertiary/aromatic N) is 1. The minimum Gasteiger partial charge on any atom is -0.340 e. The first-order valence-corrected chi connectivity index (χ1v) is 7.59. The lowest BCUT2D eigenvalue weighted by Gasteiger charge is -2.22. The standard InChI is InChI=1S/C20H19N/c1-14-12-15(2)17-10-11-21(20(17)13-14)19-9-5-7-16-6-3-4-8-18(16)19/h3-9,12-13H,10-11H2,1-2H3. The van der Waals surface area contributed by atoms with Gasteiger partial charge in [0.05, 0.1) is 0 Å². The first-order chi connectivity index (χ1) is 10.2. The number of aryl methyl sites for hydroxylation is 2. The summed E-state index contributed by atoms with van der Waals surface area (Å²) in [6.45, 7) is 5.50. The van der Waals surface area contributed by atoms with E-state index < -0.39 is 0 Å². The maximum absolute atomic E-state index is 2.48. The molecule has 1 aliphatic heterocycles. The highest BCUT2D eigenvalue weighted by Crippen LogP contribution is 2.39. The van der Waals surface area contributed by atoms with E-state index in [0.29, 0.717) is 0 Å². The van der Waals surface area contributed by atoms with Crippen LogP contribution in [0.25, 0.3) is 10.8 Å². The SMILES string of the molecule is Cc1cc(C)c2c(c1)N(c1cccc3ccccc13)CC2. The molecule has 3 aromatic carbocycles. The molecule has 0 aromatic heterocycles. The van der Waals surface area contributed by atoms with E-state index in [4.69, 9.17) is 0 Å². The minimum atomic E-state index is 1.08. The van der Waals surface area contributed by atoms with E-state index in [9.17, 15) is 0 Å². The first-order valence-electron chi connectivity index (χ1n) is 7.59. The van der Waals surface area contributed by atoms with Crippen molar-refractivity contribution in [1.82, 2.24) is 0 Å². The summed E-state index contributed by atoms with van der Waals surface area (Å²) in [6.07, 6.45) is 1.14. The van der Waals surface area contributed by atoms with Crippen molar-refractivity contribution in [1.29, 1.82) is 0 Å². The summed E-state index contributed by atoms with van der Waals surface area (Å²) in [6, 6.07) is 19.9. The highest BCUT2D eigenvalue weighted by molar-refractivity contribution is 5.96. The Bertz CT molecular complexity index is 827. The number of hydrogen-bond donors (Lipinski definition) is 0. The number of rotatable bonds is 1. The Hall–Kier alpha value is -2.28. The first kappa shape index (κ1) is 12.5. The van der Waals surface area contributed by atoms with Crippen LogP contribution in [0.4, 0.5) is 11.4 Å². The molecule has 0 unspecified atom stereocenters. The smallest absolute Gasteiger partial charge is 0.0490 e. The van der Waals surface area contributed by atoms with Crippen LogP contribution in [-0.4, -0.2) is 6.54 Å². The van der Waals surface area contributed by atoms with Crippen LogP contribution in [0.3, 0.4) is 0 Å². The van der Waals surface area contributed by atoms with E-state index >= 15 is 0 Å². The molecular formula is C20H19N. The van der Waals surface area contributed by atoms with E-state index in [1.807, 2.05) is 0 Å². The maximum atomic E-state index is 2.48. The molecule has 21 heavy (non-hydrogen) atoms. The van der Waals surface area contributed by atoms with Crippen molar-refractivity contribution in [3.05, 3.63) is 71.3 Å². The van der Waals surface area contributed by atoms with Gasteiger partial charge in [-0.2, -0.15) is 0 Å². The molecule has 0 saturated heterocycles. The fraction of sp³-hybridized carbons (Fsp3) is 0.200. The lowest BCUT2D eigenvalue weighted by atomic mass is 10.0. The van der Waals surface area contributed by atoms with Crippen LogP contribution < -0.4 is 4.90 Å². The van der Waals surface area contributed by atoms with E-state index in [-0.39, 0.29) is 0 Å². The van der Waals surface area contributed by atoms with Gasteiger partial charge in [0.1, 0.15) is 0 Å². The molecule has 104 valence electrons. The van der Waals surface area contributed by atoms with Crippen molar-refractivity contribution < 1.29 is 0 Å². The second-order valence-electron chi connectivity index (χ2n) is 5.98. The zero-order valence-corrected chi connectivity index (χ0v) is 12.6. The second kappa shape index (κ2) is 4.63. The number of fused-ring (bicyclic) bond motifs is 2. The van der Waals surface area contributed by atoms with Crippen molar-refractivity contribution in [3.8, 4) is 0 Å². The molecule has 0 saturated carbocycles. The van der Waals surface area contributed by atoms with Gasteiger partial charge in [0.25, 0.3) is 0 Å². The van der Waals surface area contributed by atoms with Gasteiger partial charge >= 0.3 is 0 Å². The Morgan fingerprint density at radius 1 is 0.857 bits per heavy atom. The monoisotopic (exact) mass is 273 g/mol. The van der Waals surface area contributed by atoms with Crippen LogP contribution in [0.15, 0.2) is 54.6 Å². The summed E-state index contributed by atoms with van der Waals surface area (Å²) >= 11 is 0. The van der Waals surface area contributed by atoms with Crippen LogP contribution in [0.5, 0.6) is 0 Å². The number of hydrogen-bond acceptors (Lipinski definition) is 1. The summed E-state index contributed by atoms with van der Waals surface area (Å²) in [7, 11) is 0. The lowest BCUT2D eigenvalue weighted by Crippen LogP contribution is -2.13. The topological polar surface area (TPSA) is 3.24 Å². The Morgan fingerprint density at radius 2 is 1.67 bits per heavy atom. The van der Waals surface area contributed by atoms with Crippen LogP contribution in [0.1, 0.15) is 16.7 Å². The molecule has 0 fully saturated rings. The molecule has 0 atom stereocenters. The molecule has 1 aliphatic rings. The van der Waals surface area contributed by atoms with E-state index in [1.54, 1.807) is 0 Å². The maximum Gasteiger partial charge on any atom is 0.0490 e. The van der Waals surface area contributed by atoms with Crippen LogP contribution in [0, 0.1) is 13.8 Å². The summed E-state index contributed by atoms with van der Waals surface area (Å²) in [4.78, 5) is 2.48. The highest BCUT2D eigenvalue weighted by Gasteiger charge is 2.23. The predicted octanol–water partition coefficient (Wildman–Crippen LogP) is 5.15. The third-order valence-electron chi connectivity index (χ3n) is 4.53. The van der Waals surface area contributed by atoms with Crippen molar-refractivity contribution >= 4 is 22.1 Å². The average molecular weight is 273 g/mol. The normalized spacial score (nSPS) is 13.7. The quantitative estimate of drug-likeness (QED) is 0.592. The zero-order valence-electron chi connectivity index (χ0n) is 12.6. The molecule has 0 aliphatic carbocycles. The van der Waals surface area contributed by atoms with Crippen LogP contribution in [0.2, 0.25) is 0 Å². The van der Waals surface area contributed by atoms with Crippen molar-refractivity contribution in [2.24, 2.45) is 0 Å². The molecule has 4 rings (SSSR count). The summed E-state index contributed by atoms with van der Waals surface area (Å²) < 4.78 is 0. The van der Waals surface area contributed by atoms with E-state index in [1.165, 1.54) is 38.8 Å². The minimum absolute atomic E-state index is 1.08. The number of benzene rings is 3. The predicted molar refractivity (Wildman–Crippen MR) is 90.6 cm³/mol. The van der Waals surface area contributed by atoms with Gasteiger partial charge in [0, 0.05) is 23.3 Å². The van der Waals surface area contributed by atoms with Crippen LogP contribution in [-0.2, 0) is 6.42 Å². The average Bonchev–Trinajstić information content (AvgIpc) is 2.90. The molecule has 0 spiro atoms. The van der Waals surface area contributed by atoms with Gasteiger partial charge in [-0.05, 0) is 54.5 Å². The molecule has 0 N–H and O–H groups in total. The lowest BCUT2D eigenvalue weighted by molar-refractivity contribution is 0.998. The molecule has 0 amide bonds. The Balaban J connectivity index is 1.93. The molecule has 3 aromatic rings. The third-order valence-corrected chi connectivity index (χ3v) is 4.53. The summed E-state index contributed by atoms with van der Waals surface area (Å²) in [5.74, 6) is 0. The van der Waals surface area contributed by atoms with Crippen LogP contribution >= 0.6 is 0 Å². The molecule has 1 heterocycles.